The lowest BCUT2D eigenvalue weighted by Crippen LogP contribution is -2.41. The van der Waals surface area contributed by atoms with Crippen LogP contribution >= 0.6 is 24.0 Å². The minimum atomic E-state index is 0. The van der Waals surface area contributed by atoms with Crippen molar-refractivity contribution in [3.05, 3.63) is 0 Å². The van der Waals surface area contributed by atoms with Crippen LogP contribution in [0.25, 0.3) is 0 Å². The number of rotatable bonds is 13. The van der Waals surface area contributed by atoms with Crippen LogP contribution in [0.3, 0.4) is 0 Å². The summed E-state index contributed by atoms with van der Waals surface area (Å²) in [5.74, 6) is 0.907. The fourth-order valence-corrected chi connectivity index (χ4v) is 2.77. The molecule has 1 saturated heterocycles. The van der Waals surface area contributed by atoms with E-state index in [4.69, 9.17) is 9.47 Å². The van der Waals surface area contributed by atoms with E-state index in [1.165, 1.54) is 12.8 Å². The summed E-state index contributed by atoms with van der Waals surface area (Å²) in [7, 11) is 0. The van der Waals surface area contributed by atoms with Crippen molar-refractivity contribution < 1.29 is 9.47 Å². The van der Waals surface area contributed by atoms with E-state index in [9.17, 15) is 0 Å². The van der Waals surface area contributed by atoms with E-state index >= 15 is 0 Å². The van der Waals surface area contributed by atoms with Gasteiger partial charge in [0, 0.05) is 39.4 Å². The Hall–Kier alpha value is -0.120. The molecule has 1 unspecified atom stereocenters. The Morgan fingerprint density at radius 3 is 2.72 bits per heavy atom. The number of halogens is 1. The predicted octanol–water partition coefficient (Wildman–Crippen LogP) is 2.48. The van der Waals surface area contributed by atoms with Gasteiger partial charge in [0.25, 0.3) is 0 Å². The zero-order chi connectivity index (χ0) is 17.5. The first-order valence-corrected chi connectivity index (χ1v) is 9.74. The van der Waals surface area contributed by atoms with Crippen molar-refractivity contribution in [1.82, 2.24) is 15.5 Å². The van der Waals surface area contributed by atoms with Gasteiger partial charge in [-0.3, -0.25) is 4.99 Å². The second-order valence-electron chi connectivity index (χ2n) is 6.19. The maximum Gasteiger partial charge on any atom is 0.191 e. The SMILES string of the molecule is CCCN(CC)CCNC(=NCCCOCC1CCCO1)NCC.I. The first kappa shape index (κ1) is 24.9. The van der Waals surface area contributed by atoms with Crippen LogP contribution in [0.15, 0.2) is 4.99 Å². The molecule has 0 aromatic carbocycles. The summed E-state index contributed by atoms with van der Waals surface area (Å²) >= 11 is 0. The number of guanidine groups is 1. The molecule has 0 bridgehead atoms. The number of likely N-dealkylation sites (N-methyl/N-ethyl adjacent to an activating group) is 1. The van der Waals surface area contributed by atoms with Gasteiger partial charge in [-0.1, -0.05) is 13.8 Å². The lowest BCUT2D eigenvalue weighted by Gasteiger charge is -2.20. The molecule has 7 heteroatoms. The topological polar surface area (TPSA) is 58.1 Å². The van der Waals surface area contributed by atoms with Crippen molar-refractivity contribution in [2.45, 2.75) is 52.6 Å². The van der Waals surface area contributed by atoms with Crippen LogP contribution in [-0.2, 0) is 9.47 Å². The quantitative estimate of drug-likeness (QED) is 0.188. The highest BCUT2D eigenvalue weighted by Gasteiger charge is 2.14. The molecule has 0 aromatic rings. The third-order valence-electron chi connectivity index (χ3n) is 4.10. The number of hydrogen-bond acceptors (Lipinski definition) is 4. The molecule has 0 spiro atoms. The van der Waals surface area contributed by atoms with E-state index in [0.717, 1.165) is 77.9 Å². The van der Waals surface area contributed by atoms with Crippen molar-refractivity contribution in [2.75, 3.05) is 59.1 Å². The van der Waals surface area contributed by atoms with E-state index < -0.39 is 0 Å². The molecular weight excluding hydrogens is 431 g/mol. The summed E-state index contributed by atoms with van der Waals surface area (Å²) in [5, 5.41) is 6.72. The zero-order valence-electron chi connectivity index (χ0n) is 16.4. The molecule has 1 rings (SSSR count). The van der Waals surface area contributed by atoms with Crippen molar-refractivity contribution in [3.8, 4) is 0 Å². The molecule has 6 nitrogen and oxygen atoms in total. The van der Waals surface area contributed by atoms with Gasteiger partial charge >= 0.3 is 0 Å². The van der Waals surface area contributed by atoms with Gasteiger partial charge in [-0.2, -0.15) is 0 Å². The molecule has 0 radical (unpaired) electrons. The maximum atomic E-state index is 5.67. The molecule has 25 heavy (non-hydrogen) atoms. The van der Waals surface area contributed by atoms with Crippen LogP contribution < -0.4 is 10.6 Å². The number of ether oxygens (including phenoxy) is 2. The summed E-state index contributed by atoms with van der Waals surface area (Å²) in [6, 6.07) is 0. The number of nitrogens with one attached hydrogen (secondary N) is 2. The van der Waals surface area contributed by atoms with Crippen LogP contribution in [0.2, 0.25) is 0 Å². The van der Waals surface area contributed by atoms with Gasteiger partial charge in [0.2, 0.25) is 0 Å². The fourth-order valence-electron chi connectivity index (χ4n) is 2.77. The summed E-state index contributed by atoms with van der Waals surface area (Å²) < 4.78 is 11.2. The Bertz CT molecular complexity index is 326. The van der Waals surface area contributed by atoms with Crippen molar-refractivity contribution in [1.29, 1.82) is 0 Å². The molecular formula is C18H39IN4O2. The number of aliphatic imine (C=N–C) groups is 1. The molecule has 0 amide bonds. The van der Waals surface area contributed by atoms with Gasteiger partial charge in [-0.25, -0.2) is 0 Å². The van der Waals surface area contributed by atoms with Gasteiger partial charge in [0.15, 0.2) is 5.96 Å². The normalized spacial score (nSPS) is 17.6. The molecule has 2 N–H and O–H groups in total. The maximum absolute atomic E-state index is 5.67. The van der Waals surface area contributed by atoms with Gasteiger partial charge < -0.3 is 25.0 Å². The largest absolute Gasteiger partial charge is 0.379 e. The molecule has 1 fully saturated rings. The third-order valence-corrected chi connectivity index (χ3v) is 4.10. The van der Waals surface area contributed by atoms with Crippen LogP contribution in [0.5, 0.6) is 0 Å². The summed E-state index contributed by atoms with van der Waals surface area (Å²) in [4.78, 5) is 7.07. The summed E-state index contributed by atoms with van der Waals surface area (Å²) in [5.41, 5.74) is 0. The Kier molecular flexibility index (Phi) is 17.2. The molecule has 1 aliphatic heterocycles. The lowest BCUT2D eigenvalue weighted by molar-refractivity contribution is 0.0171. The molecule has 0 aliphatic carbocycles. The molecule has 0 saturated carbocycles. The Balaban J connectivity index is 0.00000576. The van der Waals surface area contributed by atoms with E-state index in [1.807, 2.05) is 0 Å². The highest BCUT2D eigenvalue weighted by atomic mass is 127. The van der Waals surface area contributed by atoms with E-state index in [2.05, 4.69) is 41.3 Å². The van der Waals surface area contributed by atoms with Gasteiger partial charge in [-0.15, -0.1) is 24.0 Å². The van der Waals surface area contributed by atoms with Crippen molar-refractivity contribution in [2.24, 2.45) is 4.99 Å². The lowest BCUT2D eigenvalue weighted by atomic mass is 10.2. The number of nitrogens with zero attached hydrogens (tertiary/aromatic N) is 2. The molecule has 1 heterocycles. The van der Waals surface area contributed by atoms with Crippen LogP contribution in [0.1, 0.15) is 46.5 Å². The van der Waals surface area contributed by atoms with E-state index in [-0.39, 0.29) is 24.0 Å². The van der Waals surface area contributed by atoms with Gasteiger partial charge in [-0.05, 0) is 45.7 Å². The van der Waals surface area contributed by atoms with Crippen LogP contribution in [0.4, 0.5) is 0 Å². The standard InChI is InChI=1S/C18H38N4O2.HI/c1-4-12-22(6-3)13-11-21-18(19-5-2)20-10-8-14-23-16-17-9-7-15-24-17;/h17H,4-16H2,1-3H3,(H2,19,20,21);1H. The van der Waals surface area contributed by atoms with Crippen molar-refractivity contribution in [3.63, 3.8) is 0 Å². The Morgan fingerprint density at radius 1 is 1.24 bits per heavy atom. The number of hydrogen-bond donors (Lipinski definition) is 2. The molecule has 150 valence electrons. The minimum Gasteiger partial charge on any atom is -0.379 e. The first-order valence-electron chi connectivity index (χ1n) is 9.74. The predicted molar refractivity (Wildman–Crippen MR) is 116 cm³/mol. The van der Waals surface area contributed by atoms with E-state index in [0.29, 0.717) is 6.10 Å². The Morgan fingerprint density at radius 2 is 2.08 bits per heavy atom. The third kappa shape index (κ3) is 12.8. The minimum absolute atomic E-state index is 0. The molecule has 0 aromatic heterocycles. The second kappa shape index (κ2) is 17.3. The molecule has 1 aliphatic rings. The summed E-state index contributed by atoms with van der Waals surface area (Å²) in [6.07, 6.45) is 4.77. The average Bonchev–Trinajstić information content (AvgIpc) is 3.10. The van der Waals surface area contributed by atoms with Gasteiger partial charge in [0.1, 0.15) is 0 Å². The zero-order valence-corrected chi connectivity index (χ0v) is 18.7. The van der Waals surface area contributed by atoms with Crippen LogP contribution in [0, 0.1) is 0 Å². The highest BCUT2D eigenvalue weighted by Crippen LogP contribution is 2.11. The second-order valence-corrected chi connectivity index (χ2v) is 6.19. The van der Waals surface area contributed by atoms with Crippen LogP contribution in [-0.4, -0.2) is 76.1 Å². The Labute approximate surface area is 171 Å². The summed E-state index contributed by atoms with van der Waals surface area (Å²) in [6.45, 7) is 14.8. The smallest absolute Gasteiger partial charge is 0.191 e. The molecule has 1 atom stereocenters. The van der Waals surface area contributed by atoms with Gasteiger partial charge in [0.05, 0.1) is 12.7 Å². The van der Waals surface area contributed by atoms with E-state index in [1.54, 1.807) is 0 Å². The first-order chi connectivity index (χ1) is 11.8. The van der Waals surface area contributed by atoms with Crippen molar-refractivity contribution >= 4 is 29.9 Å². The monoisotopic (exact) mass is 470 g/mol. The average molecular weight is 470 g/mol. The fraction of sp³-hybridized carbons (Fsp3) is 0.944. The highest BCUT2D eigenvalue weighted by molar-refractivity contribution is 14.0.